The second-order valence-electron chi connectivity index (χ2n) is 6.22. The molecule has 8 heteroatoms. The molecule has 152 valence electrons. The summed E-state index contributed by atoms with van der Waals surface area (Å²) in [5.41, 5.74) is 1.19. The maximum absolute atomic E-state index is 11.6. The third kappa shape index (κ3) is 8.45. The van der Waals surface area contributed by atoms with Crippen LogP contribution in [0, 0.1) is 0 Å². The molecule has 0 N–H and O–H groups in total. The van der Waals surface area contributed by atoms with Gasteiger partial charge in [0.15, 0.2) is 6.29 Å². The average Bonchev–Trinajstić information content (AvgIpc) is 2.89. The lowest BCUT2D eigenvalue weighted by atomic mass is 10.2. The average molecular weight is 400 g/mol. The quantitative estimate of drug-likeness (QED) is 0.378. The lowest BCUT2D eigenvalue weighted by molar-refractivity contribution is 0.111. The summed E-state index contributed by atoms with van der Waals surface area (Å²) in [5, 5.41) is 0. The van der Waals surface area contributed by atoms with Crippen LogP contribution in [0.2, 0.25) is 0 Å². The molecule has 1 heterocycles. The first-order valence-electron chi connectivity index (χ1n) is 8.51. The van der Waals surface area contributed by atoms with E-state index in [0.717, 1.165) is 12.5 Å². The molecule has 1 aromatic heterocycles. The van der Waals surface area contributed by atoms with E-state index in [-0.39, 0.29) is 18.4 Å². The summed E-state index contributed by atoms with van der Waals surface area (Å²) in [6.45, 7) is 10.6. The number of carbonyl (C=O) groups excluding carboxylic acids is 1. The van der Waals surface area contributed by atoms with Crippen molar-refractivity contribution in [1.82, 2.24) is 13.9 Å². The Bertz CT molecular complexity index is 789. The number of hydrogen-bond donors (Lipinski definition) is 0. The third-order valence-corrected chi connectivity index (χ3v) is 4.81. The Labute approximate surface area is 162 Å². The van der Waals surface area contributed by atoms with Crippen LogP contribution in [-0.4, -0.2) is 41.9 Å². The van der Waals surface area contributed by atoms with Crippen LogP contribution >= 0.6 is 0 Å². The minimum absolute atomic E-state index is 0.0278. The summed E-state index contributed by atoms with van der Waals surface area (Å²) < 4.78 is 37.6. The lowest BCUT2D eigenvalue weighted by Crippen LogP contribution is -2.27. The second kappa shape index (κ2) is 11.6. The number of sulfonamides is 1. The van der Waals surface area contributed by atoms with Crippen molar-refractivity contribution in [2.45, 2.75) is 46.7 Å². The summed E-state index contributed by atoms with van der Waals surface area (Å²) in [4.78, 5) is 15.9. The van der Waals surface area contributed by atoms with Crippen molar-refractivity contribution in [3.8, 4) is 0 Å². The molecule has 1 aromatic rings. The molecule has 0 fully saturated rings. The fourth-order valence-electron chi connectivity index (χ4n) is 2.22. The molecule has 1 rings (SSSR count). The fourth-order valence-corrected chi connectivity index (χ4v) is 2.57. The number of rotatable bonds is 8. The molecule has 27 heavy (non-hydrogen) atoms. The van der Waals surface area contributed by atoms with E-state index in [1.165, 1.54) is 30.4 Å². The number of nitrogens with zero attached hydrogens (tertiary/aromatic N) is 3. The van der Waals surface area contributed by atoms with Crippen molar-refractivity contribution < 1.29 is 17.6 Å². The minimum atomic E-state index is -3.29. The molecular formula is C19H30FN3O3S. The van der Waals surface area contributed by atoms with Gasteiger partial charge in [-0.1, -0.05) is 24.8 Å². The molecule has 0 unspecified atom stereocenters. The molecule has 0 aromatic carbocycles. The van der Waals surface area contributed by atoms with Gasteiger partial charge in [-0.25, -0.2) is 17.8 Å². The van der Waals surface area contributed by atoms with Gasteiger partial charge in [-0.3, -0.25) is 4.79 Å². The maximum Gasteiger partial charge on any atom is 0.211 e. The van der Waals surface area contributed by atoms with Crippen LogP contribution in [0.5, 0.6) is 0 Å². The van der Waals surface area contributed by atoms with Crippen LogP contribution < -0.4 is 0 Å². The van der Waals surface area contributed by atoms with Crippen LogP contribution in [0.15, 0.2) is 36.7 Å². The summed E-state index contributed by atoms with van der Waals surface area (Å²) >= 11 is 0. The molecule has 0 saturated heterocycles. The highest BCUT2D eigenvalue weighted by atomic mass is 32.2. The number of imidazole rings is 1. The van der Waals surface area contributed by atoms with Crippen molar-refractivity contribution in [3.63, 3.8) is 0 Å². The highest BCUT2D eigenvalue weighted by Gasteiger charge is 2.21. The first-order chi connectivity index (χ1) is 12.5. The number of hydrogen-bond acceptors (Lipinski definition) is 4. The predicted molar refractivity (Wildman–Crippen MR) is 108 cm³/mol. The summed E-state index contributed by atoms with van der Waals surface area (Å²) in [6.07, 6.45) is 9.03. The van der Waals surface area contributed by atoms with E-state index in [0.29, 0.717) is 23.6 Å². The molecular weight excluding hydrogens is 369 g/mol. The predicted octanol–water partition coefficient (Wildman–Crippen LogP) is 3.83. The number of allylic oxidation sites excluding steroid dienone is 5. The molecule has 6 nitrogen and oxygen atoms in total. The van der Waals surface area contributed by atoms with Gasteiger partial charge < -0.3 is 4.57 Å². The van der Waals surface area contributed by atoms with Gasteiger partial charge in [0.05, 0.1) is 24.3 Å². The Kier molecular flexibility index (Phi) is 10.7. The highest BCUT2D eigenvalue weighted by Crippen LogP contribution is 2.19. The molecule has 0 aliphatic carbocycles. The lowest BCUT2D eigenvalue weighted by Gasteiger charge is -2.17. The zero-order valence-corrected chi connectivity index (χ0v) is 17.8. The van der Waals surface area contributed by atoms with E-state index in [9.17, 15) is 17.6 Å². The normalized spacial score (nSPS) is 12.4. The van der Waals surface area contributed by atoms with Gasteiger partial charge in [-0.2, -0.15) is 4.31 Å². The molecule has 0 bridgehead atoms. The molecule has 0 aliphatic heterocycles. The smallest absolute Gasteiger partial charge is 0.211 e. The largest absolute Gasteiger partial charge is 0.322 e. The Hall–Kier alpha value is -2.06. The van der Waals surface area contributed by atoms with Gasteiger partial charge >= 0.3 is 0 Å². The zero-order chi connectivity index (χ0) is 21.2. The number of aldehydes is 1. The number of carbonyl (C=O) groups is 1. The third-order valence-electron chi connectivity index (χ3n) is 3.55. The standard InChI is InChI=1S/C14H23N3O3S.C5H7F/c1-6-7-8-12-13(10-18)17(11(2)3)14(15-12)9-16(4)21(5,19)20;1-3-4-5(2)6/h6-7,10-11H,8-9H2,1-5H3;3-4H,1H2,2H3/b7-6-;5-4+. The van der Waals surface area contributed by atoms with E-state index >= 15 is 0 Å². The van der Waals surface area contributed by atoms with Crippen molar-refractivity contribution >= 4 is 16.3 Å². The van der Waals surface area contributed by atoms with Crippen molar-refractivity contribution in [2.75, 3.05) is 13.3 Å². The van der Waals surface area contributed by atoms with E-state index < -0.39 is 10.0 Å². The highest BCUT2D eigenvalue weighted by molar-refractivity contribution is 7.88. The number of halogens is 1. The second-order valence-corrected chi connectivity index (χ2v) is 8.31. The van der Waals surface area contributed by atoms with Crippen LogP contribution in [0.25, 0.3) is 0 Å². The van der Waals surface area contributed by atoms with Crippen LogP contribution in [0.4, 0.5) is 4.39 Å². The molecule has 0 amide bonds. The Morgan fingerprint density at radius 3 is 2.33 bits per heavy atom. The van der Waals surface area contributed by atoms with Crippen molar-refractivity contribution in [1.29, 1.82) is 0 Å². The minimum Gasteiger partial charge on any atom is -0.322 e. The summed E-state index contributed by atoms with van der Waals surface area (Å²) in [5.74, 6) is 0.379. The first-order valence-corrected chi connectivity index (χ1v) is 10.4. The van der Waals surface area contributed by atoms with E-state index in [2.05, 4.69) is 11.6 Å². The van der Waals surface area contributed by atoms with E-state index in [4.69, 9.17) is 0 Å². The molecule has 0 atom stereocenters. The summed E-state index contributed by atoms with van der Waals surface area (Å²) in [7, 11) is -1.79. The fraction of sp³-hybridized carbons (Fsp3) is 0.474. The van der Waals surface area contributed by atoms with Gasteiger partial charge in [0.25, 0.3) is 0 Å². The number of aromatic nitrogens is 2. The Morgan fingerprint density at radius 1 is 1.41 bits per heavy atom. The van der Waals surface area contributed by atoms with Gasteiger partial charge in [0.1, 0.15) is 11.5 Å². The molecule has 0 spiro atoms. The van der Waals surface area contributed by atoms with Crippen LogP contribution in [0.1, 0.15) is 55.7 Å². The monoisotopic (exact) mass is 399 g/mol. The zero-order valence-electron chi connectivity index (χ0n) is 16.9. The van der Waals surface area contributed by atoms with Crippen LogP contribution in [0.3, 0.4) is 0 Å². The Morgan fingerprint density at radius 2 is 2.00 bits per heavy atom. The van der Waals surface area contributed by atoms with Crippen molar-refractivity contribution in [2.24, 2.45) is 0 Å². The SMILES string of the molecule is C/C=C\Cc1nc(CN(C)S(C)(=O)=O)n(C(C)C)c1C=O.C=C/C=C(\C)F. The van der Waals surface area contributed by atoms with Gasteiger partial charge in [-0.15, -0.1) is 0 Å². The maximum atomic E-state index is 11.6. The van der Waals surface area contributed by atoms with Crippen LogP contribution in [-0.2, 0) is 23.0 Å². The van der Waals surface area contributed by atoms with Crippen molar-refractivity contribution in [3.05, 3.63) is 53.9 Å². The van der Waals surface area contributed by atoms with E-state index in [1.54, 1.807) is 4.57 Å². The van der Waals surface area contributed by atoms with E-state index in [1.807, 2.05) is 32.9 Å². The van der Waals surface area contributed by atoms with Gasteiger partial charge in [-0.05, 0) is 33.8 Å². The first kappa shape index (κ1) is 24.9. The topological polar surface area (TPSA) is 72.3 Å². The van der Waals surface area contributed by atoms with Gasteiger partial charge in [0.2, 0.25) is 10.0 Å². The van der Waals surface area contributed by atoms with Gasteiger partial charge in [0, 0.05) is 19.5 Å². The molecule has 0 saturated carbocycles. The Balaban J connectivity index is 0.000000972. The molecule has 0 radical (unpaired) electrons. The molecule has 0 aliphatic rings. The summed E-state index contributed by atoms with van der Waals surface area (Å²) in [6, 6.07) is 0.0278.